The van der Waals surface area contributed by atoms with Gasteiger partial charge in [-0.05, 0) is 37.1 Å². The van der Waals surface area contributed by atoms with E-state index in [0.29, 0.717) is 19.1 Å². The van der Waals surface area contributed by atoms with Gasteiger partial charge in [-0.3, -0.25) is 4.90 Å². The van der Waals surface area contributed by atoms with Crippen molar-refractivity contribution in [1.29, 1.82) is 0 Å². The zero-order chi connectivity index (χ0) is 18.6. The molecule has 0 amide bonds. The quantitative estimate of drug-likeness (QED) is 0.561. The van der Waals surface area contributed by atoms with Crippen LogP contribution in [-0.4, -0.2) is 51.7 Å². The highest BCUT2D eigenvalue weighted by Gasteiger charge is 2.26. The smallest absolute Gasteiger partial charge is 0.191 e. The van der Waals surface area contributed by atoms with E-state index in [1.54, 1.807) is 11.8 Å². The van der Waals surface area contributed by atoms with Crippen molar-refractivity contribution < 1.29 is 9.47 Å². The lowest BCUT2D eigenvalue weighted by molar-refractivity contribution is 0.170. The zero-order valence-electron chi connectivity index (χ0n) is 15.8. The molecule has 27 heavy (non-hydrogen) atoms. The summed E-state index contributed by atoms with van der Waals surface area (Å²) in [6, 6.07) is 6.28. The normalized spacial score (nSPS) is 19.8. The fourth-order valence-electron chi connectivity index (χ4n) is 3.80. The van der Waals surface area contributed by atoms with Crippen LogP contribution >= 0.6 is 11.8 Å². The lowest BCUT2D eigenvalue weighted by atomic mass is 9.96. The molecule has 2 aliphatic heterocycles. The average molecular weight is 387 g/mol. The maximum Gasteiger partial charge on any atom is 0.191 e. The van der Waals surface area contributed by atoms with Gasteiger partial charge in [-0.2, -0.15) is 0 Å². The molecule has 0 bridgehead atoms. The van der Waals surface area contributed by atoms with Crippen LogP contribution in [0.4, 0.5) is 0 Å². The van der Waals surface area contributed by atoms with Crippen LogP contribution in [0.5, 0.6) is 11.5 Å². The van der Waals surface area contributed by atoms with Crippen LogP contribution in [0, 0.1) is 0 Å². The number of ether oxygens (including phenoxy) is 2. The summed E-state index contributed by atoms with van der Waals surface area (Å²) >= 11 is 1.68. The van der Waals surface area contributed by atoms with E-state index in [1.807, 2.05) is 12.1 Å². The molecule has 0 N–H and O–H groups in total. The number of hydrogen-bond acceptors (Lipinski definition) is 6. The summed E-state index contributed by atoms with van der Waals surface area (Å²) in [5, 5.41) is 9.82. The Labute approximate surface area is 164 Å². The van der Waals surface area contributed by atoms with E-state index in [4.69, 9.17) is 9.47 Å². The number of likely N-dealkylation sites (tertiary alicyclic amines) is 1. The maximum atomic E-state index is 5.72. The summed E-state index contributed by atoms with van der Waals surface area (Å²) < 4.78 is 13.5. The Hall–Kier alpha value is -1.99. The predicted molar refractivity (Wildman–Crippen MR) is 107 cm³/mol. The van der Waals surface area contributed by atoms with Gasteiger partial charge in [0.2, 0.25) is 0 Å². The third kappa shape index (κ3) is 4.14. The van der Waals surface area contributed by atoms with Gasteiger partial charge < -0.3 is 14.0 Å². The fraction of sp³-hybridized carbons (Fsp3) is 0.500. The Bertz CT molecular complexity index is 807. The summed E-state index contributed by atoms with van der Waals surface area (Å²) in [6.07, 6.45) is 4.24. The highest BCUT2D eigenvalue weighted by molar-refractivity contribution is 7.99. The minimum atomic E-state index is 0.423. The molecule has 1 saturated heterocycles. The van der Waals surface area contributed by atoms with Gasteiger partial charge in [-0.1, -0.05) is 23.9 Å². The van der Waals surface area contributed by atoms with E-state index in [9.17, 15) is 0 Å². The number of nitrogens with zero attached hydrogens (tertiary/aromatic N) is 4. The van der Waals surface area contributed by atoms with Crippen LogP contribution in [-0.2, 0) is 13.6 Å². The van der Waals surface area contributed by atoms with Crippen molar-refractivity contribution in [3.63, 3.8) is 0 Å². The molecule has 1 aromatic heterocycles. The highest BCUT2D eigenvalue weighted by atomic mass is 32.2. The highest BCUT2D eigenvalue weighted by Crippen LogP contribution is 2.32. The predicted octanol–water partition coefficient (Wildman–Crippen LogP) is 3.24. The van der Waals surface area contributed by atoms with E-state index < -0.39 is 0 Å². The summed E-state index contributed by atoms with van der Waals surface area (Å²) in [5.74, 6) is 4.09. The lowest BCUT2D eigenvalue weighted by Gasteiger charge is -2.32. The minimum absolute atomic E-state index is 0.423. The molecular formula is C20H26N4O2S. The number of aromatic nitrogens is 3. The van der Waals surface area contributed by atoms with E-state index in [-0.39, 0.29) is 0 Å². The topological polar surface area (TPSA) is 52.4 Å². The second kappa shape index (κ2) is 8.35. The number of rotatable bonds is 6. The molecule has 7 heteroatoms. The standard InChI is InChI=1S/C20H26N4O2S/c1-3-11-27-20-22-21-19(23(20)2)16-5-4-8-24(14-16)13-15-6-7-17-18(12-15)26-10-9-25-17/h3,6-7,12,16H,1,4-5,8-11,13-14H2,2H3. The minimum Gasteiger partial charge on any atom is -0.486 e. The zero-order valence-corrected chi connectivity index (χ0v) is 16.6. The summed E-state index contributed by atoms with van der Waals surface area (Å²) in [6.45, 7) is 8.07. The number of hydrogen-bond donors (Lipinski definition) is 0. The molecule has 1 unspecified atom stereocenters. The Morgan fingerprint density at radius 1 is 1.26 bits per heavy atom. The third-order valence-corrected chi connectivity index (χ3v) is 6.10. The maximum absolute atomic E-state index is 5.72. The van der Waals surface area contributed by atoms with Crippen molar-refractivity contribution in [2.75, 3.05) is 32.1 Å². The SMILES string of the molecule is C=CCSc1nnc(C2CCCN(Cc3ccc4c(c3)OCCO4)C2)n1C. The van der Waals surface area contributed by atoms with E-state index >= 15 is 0 Å². The first kappa shape index (κ1) is 18.4. The van der Waals surface area contributed by atoms with Gasteiger partial charge in [0, 0.05) is 31.8 Å². The van der Waals surface area contributed by atoms with Crippen molar-refractivity contribution in [1.82, 2.24) is 19.7 Å². The largest absolute Gasteiger partial charge is 0.486 e. The van der Waals surface area contributed by atoms with E-state index in [0.717, 1.165) is 54.3 Å². The molecule has 0 spiro atoms. The van der Waals surface area contributed by atoms with Crippen LogP contribution in [0.25, 0.3) is 0 Å². The molecule has 4 rings (SSSR count). The monoisotopic (exact) mass is 386 g/mol. The van der Waals surface area contributed by atoms with Crippen molar-refractivity contribution in [2.45, 2.75) is 30.5 Å². The first-order chi connectivity index (χ1) is 13.2. The number of piperidine rings is 1. The first-order valence-corrected chi connectivity index (χ1v) is 10.5. The van der Waals surface area contributed by atoms with E-state index in [2.05, 4.69) is 45.4 Å². The molecule has 144 valence electrons. The molecule has 0 radical (unpaired) electrons. The van der Waals surface area contributed by atoms with Crippen LogP contribution in [0.3, 0.4) is 0 Å². The molecule has 6 nitrogen and oxygen atoms in total. The summed E-state index contributed by atoms with van der Waals surface area (Å²) in [4.78, 5) is 2.50. The van der Waals surface area contributed by atoms with Gasteiger partial charge in [-0.25, -0.2) is 0 Å². The molecule has 0 aliphatic carbocycles. The summed E-state index contributed by atoms with van der Waals surface area (Å²) in [5.41, 5.74) is 1.26. The second-order valence-corrected chi connectivity index (χ2v) is 8.04. The van der Waals surface area contributed by atoms with Crippen LogP contribution in [0.1, 0.15) is 30.1 Å². The van der Waals surface area contributed by atoms with Crippen LogP contribution in [0.15, 0.2) is 36.0 Å². The molecular weight excluding hydrogens is 360 g/mol. The molecule has 2 aliphatic rings. The van der Waals surface area contributed by atoms with Crippen molar-refractivity contribution >= 4 is 11.8 Å². The van der Waals surface area contributed by atoms with Crippen molar-refractivity contribution in [3.05, 3.63) is 42.2 Å². The molecule has 1 aromatic carbocycles. The van der Waals surface area contributed by atoms with Gasteiger partial charge in [0.25, 0.3) is 0 Å². The number of fused-ring (bicyclic) bond motifs is 1. The Morgan fingerprint density at radius 3 is 2.96 bits per heavy atom. The molecule has 1 atom stereocenters. The van der Waals surface area contributed by atoms with Crippen LogP contribution in [0.2, 0.25) is 0 Å². The first-order valence-electron chi connectivity index (χ1n) is 9.48. The van der Waals surface area contributed by atoms with E-state index in [1.165, 1.54) is 12.0 Å². The Balaban J connectivity index is 1.42. The fourth-order valence-corrected chi connectivity index (χ4v) is 4.45. The lowest BCUT2D eigenvalue weighted by Crippen LogP contribution is -2.34. The van der Waals surface area contributed by atoms with Gasteiger partial charge in [-0.15, -0.1) is 16.8 Å². The molecule has 3 heterocycles. The third-order valence-electron chi connectivity index (χ3n) is 5.08. The Morgan fingerprint density at radius 2 is 2.11 bits per heavy atom. The second-order valence-electron chi connectivity index (χ2n) is 7.05. The van der Waals surface area contributed by atoms with Gasteiger partial charge in [0.15, 0.2) is 16.7 Å². The number of benzene rings is 1. The summed E-state index contributed by atoms with van der Waals surface area (Å²) in [7, 11) is 2.07. The molecule has 0 saturated carbocycles. The van der Waals surface area contributed by atoms with Gasteiger partial charge >= 0.3 is 0 Å². The van der Waals surface area contributed by atoms with Crippen molar-refractivity contribution in [2.24, 2.45) is 7.05 Å². The average Bonchev–Trinajstić information content (AvgIpc) is 3.07. The number of thioether (sulfide) groups is 1. The van der Waals surface area contributed by atoms with Crippen molar-refractivity contribution in [3.8, 4) is 11.5 Å². The molecule has 1 fully saturated rings. The Kier molecular flexibility index (Phi) is 5.69. The van der Waals surface area contributed by atoms with Gasteiger partial charge in [0.05, 0.1) is 0 Å². The van der Waals surface area contributed by atoms with Gasteiger partial charge in [0.1, 0.15) is 19.0 Å². The molecule has 2 aromatic rings. The van der Waals surface area contributed by atoms with Crippen LogP contribution < -0.4 is 9.47 Å².